The molecule has 0 aliphatic heterocycles. The summed E-state index contributed by atoms with van der Waals surface area (Å²) in [6.07, 6.45) is -4.93. The van der Waals surface area contributed by atoms with E-state index in [2.05, 4.69) is 0 Å². The fourth-order valence-electron chi connectivity index (χ4n) is 1.41. The predicted molar refractivity (Wildman–Crippen MR) is 60.5 cm³/mol. The number of anilines is 1. The summed E-state index contributed by atoms with van der Waals surface area (Å²) in [7, 11) is 1.39. The maximum Gasteiger partial charge on any atom is 0.471 e. The first-order valence-electron chi connectivity index (χ1n) is 5.13. The monoisotopic (exact) mass is 262 g/mol. The molecule has 2 N–H and O–H groups in total. The molecule has 0 bridgehead atoms. The lowest BCUT2D eigenvalue weighted by atomic mass is 10.2. The van der Waals surface area contributed by atoms with Crippen molar-refractivity contribution < 1.29 is 22.7 Å². The first-order chi connectivity index (χ1) is 8.40. The van der Waals surface area contributed by atoms with Gasteiger partial charge in [0.15, 0.2) is 0 Å². The number of amides is 1. The third-order valence-corrected chi connectivity index (χ3v) is 2.21. The second-order valence-electron chi connectivity index (χ2n) is 3.44. The van der Waals surface area contributed by atoms with Crippen LogP contribution in [0.4, 0.5) is 18.9 Å². The van der Waals surface area contributed by atoms with Crippen molar-refractivity contribution in [3.63, 3.8) is 0 Å². The molecule has 1 rings (SSSR count). The number of carbonyl (C=O) groups is 1. The van der Waals surface area contributed by atoms with Gasteiger partial charge in [-0.1, -0.05) is 6.07 Å². The predicted octanol–water partition coefficient (Wildman–Crippen LogP) is 1.55. The Morgan fingerprint density at radius 2 is 2.11 bits per heavy atom. The van der Waals surface area contributed by atoms with Crippen LogP contribution in [0.1, 0.15) is 0 Å². The van der Waals surface area contributed by atoms with E-state index in [0.29, 0.717) is 10.6 Å². The molecule has 0 radical (unpaired) electrons. The Bertz CT molecular complexity index is 421. The van der Waals surface area contributed by atoms with Crippen molar-refractivity contribution in [3.8, 4) is 5.75 Å². The van der Waals surface area contributed by atoms with E-state index in [1.165, 1.54) is 25.3 Å². The lowest BCUT2D eigenvalue weighted by Crippen LogP contribution is -2.43. The van der Waals surface area contributed by atoms with Gasteiger partial charge in [-0.05, 0) is 12.1 Å². The van der Waals surface area contributed by atoms with Crippen LogP contribution in [0.15, 0.2) is 24.3 Å². The van der Waals surface area contributed by atoms with Crippen LogP contribution in [0.2, 0.25) is 0 Å². The van der Waals surface area contributed by atoms with Crippen LogP contribution >= 0.6 is 0 Å². The summed E-state index contributed by atoms with van der Waals surface area (Å²) < 4.78 is 42.2. The van der Waals surface area contributed by atoms with Gasteiger partial charge >= 0.3 is 12.1 Å². The molecule has 0 fully saturated rings. The molecule has 0 unspecified atom stereocenters. The molecule has 18 heavy (non-hydrogen) atoms. The maximum atomic E-state index is 12.4. The zero-order valence-corrected chi connectivity index (χ0v) is 9.70. The largest absolute Gasteiger partial charge is 0.497 e. The van der Waals surface area contributed by atoms with Gasteiger partial charge < -0.3 is 15.4 Å². The molecule has 4 nitrogen and oxygen atoms in total. The summed E-state index contributed by atoms with van der Waals surface area (Å²) in [5.74, 6) is -1.58. The number of ether oxygens (including phenoxy) is 1. The number of halogens is 3. The van der Waals surface area contributed by atoms with Crippen molar-refractivity contribution in [1.82, 2.24) is 0 Å². The molecular weight excluding hydrogens is 249 g/mol. The number of methoxy groups -OCH3 is 1. The van der Waals surface area contributed by atoms with Crippen molar-refractivity contribution >= 4 is 11.6 Å². The summed E-state index contributed by atoms with van der Waals surface area (Å²) in [6.45, 7) is -0.287. The van der Waals surface area contributed by atoms with Crippen LogP contribution in [0, 0.1) is 0 Å². The molecule has 1 aromatic carbocycles. The van der Waals surface area contributed by atoms with Gasteiger partial charge in [-0.15, -0.1) is 0 Å². The number of carbonyl (C=O) groups excluding carboxylic acids is 1. The molecule has 0 atom stereocenters. The molecule has 0 saturated carbocycles. The van der Waals surface area contributed by atoms with Gasteiger partial charge in [-0.25, -0.2) is 0 Å². The van der Waals surface area contributed by atoms with Crippen molar-refractivity contribution in [2.75, 3.05) is 25.1 Å². The van der Waals surface area contributed by atoms with E-state index >= 15 is 0 Å². The zero-order valence-electron chi connectivity index (χ0n) is 9.70. The highest BCUT2D eigenvalue weighted by Crippen LogP contribution is 2.26. The average Bonchev–Trinajstić information content (AvgIpc) is 2.34. The number of benzene rings is 1. The van der Waals surface area contributed by atoms with E-state index in [1.54, 1.807) is 6.07 Å². The Hall–Kier alpha value is -1.76. The zero-order chi connectivity index (χ0) is 13.8. The smallest absolute Gasteiger partial charge is 0.471 e. The summed E-state index contributed by atoms with van der Waals surface area (Å²) in [5, 5.41) is 0. The number of nitrogens with zero attached hydrogens (tertiary/aromatic N) is 1. The van der Waals surface area contributed by atoms with Crippen LogP contribution in [0.3, 0.4) is 0 Å². The van der Waals surface area contributed by atoms with Crippen molar-refractivity contribution in [1.29, 1.82) is 0 Å². The van der Waals surface area contributed by atoms with Gasteiger partial charge in [0.25, 0.3) is 0 Å². The summed E-state index contributed by atoms with van der Waals surface area (Å²) in [5.41, 5.74) is 5.33. The number of rotatable bonds is 4. The van der Waals surface area contributed by atoms with Crippen molar-refractivity contribution in [2.24, 2.45) is 5.73 Å². The van der Waals surface area contributed by atoms with Crippen LogP contribution in [-0.2, 0) is 4.79 Å². The van der Waals surface area contributed by atoms with E-state index in [4.69, 9.17) is 10.5 Å². The van der Waals surface area contributed by atoms with Gasteiger partial charge in [-0.3, -0.25) is 4.79 Å². The molecule has 0 aliphatic carbocycles. The van der Waals surface area contributed by atoms with Crippen LogP contribution in [0.5, 0.6) is 5.75 Å². The molecule has 0 spiro atoms. The first-order valence-corrected chi connectivity index (χ1v) is 5.13. The number of nitrogens with two attached hydrogens (primary N) is 1. The van der Waals surface area contributed by atoms with Crippen molar-refractivity contribution in [2.45, 2.75) is 6.18 Å². The Morgan fingerprint density at radius 1 is 1.44 bits per heavy atom. The van der Waals surface area contributed by atoms with Crippen LogP contribution in [0.25, 0.3) is 0 Å². The maximum absolute atomic E-state index is 12.4. The van der Waals surface area contributed by atoms with Gasteiger partial charge in [0.2, 0.25) is 0 Å². The highest BCUT2D eigenvalue weighted by molar-refractivity contribution is 5.97. The molecule has 0 saturated heterocycles. The highest BCUT2D eigenvalue weighted by Gasteiger charge is 2.42. The molecule has 0 aromatic heterocycles. The third-order valence-electron chi connectivity index (χ3n) is 2.21. The molecule has 100 valence electrons. The van der Waals surface area contributed by atoms with Crippen LogP contribution < -0.4 is 15.4 Å². The summed E-state index contributed by atoms with van der Waals surface area (Å²) in [4.78, 5) is 11.8. The topological polar surface area (TPSA) is 55.6 Å². The quantitative estimate of drug-likeness (QED) is 0.895. The molecular formula is C11H13F3N2O2. The SMILES string of the molecule is COc1cccc(N(CCN)C(=O)C(F)(F)F)c1. The fraction of sp³-hybridized carbons (Fsp3) is 0.364. The third kappa shape index (κ3) is 3.36. The summed E-state index contributed by atoms with van der Waals surface area (Å²) in [6, 6.07) is 5.81. The molecule has 1 aromatic rings. The van der Waals surface area contributed by atoms with Crippen LogP contribution in [-0.4, -0.2) is 32.3 Å². The highest BCUT2D eigenvalue weighted by atomic mass is 19.4. The first kappa shape index (κ1) is 14.3. The Morgan fingerprint density at radius 3 is 2.61 bits per heavy atom. The Labute approximate surface area is 102 Å². The van der Waals surface area contributed by atoms with E-state index in [0.717, 1.165) is 0 Å². The van der Waals surface area contributed by atoms with Crippen molar-refractivity contribution in [3.05, 3.63) is 24.3 Å². The van der Waals surface area contributed by atoms with E-state index in [9.17, 15) is 18.0 Å². The second kappa shape index (κ2) is 5.72. The molecule has 7 heteroatoms. The lowest BCUT2D eigenvalue weighted by Gasteiger charge is -2.23. The molecule has 0 aliphatic rings. The minimum Gasteiger partial charge on any atom is -0.497 e. The van der Waals surface area contributed by atoms with E-state index < -0.39 is 12.1 Å². The van der Waals surface area contributed by atoms with E-state index in [1.807, 2.05) is 0 Å². The average molecular weight is 262 g/mol. The Balaban J connectivity index is 3.07. The number of alkyl halides is 3. The number of hydrogen-bond acceptors (Lipinski definition) is 3. The number of hydrogen-bond donors (Lipinski definition) is 1. The minimum absolute atomic E-state index is 0.0704. The standard InChI is InChI=1S/C11H13F3N2O2/c1-18-9-4-2-3-8(7-9)16(6-5-15)10(17)11(12,13)14/h2-4,7H,5-6,15H2,1H3. The van der Waals surface area contributed by atoms with Gasteiger partial charge in [-0.2, -0.15) is 13.2 Å². The van der Waals surface area contributed by atoms with Gasteiger partial charge in [0.1, 0.15) is 5.75 Å². The van der Waals surface area contributed by atoms with Gasteiger partial charge in [0, 0.05) is 24.8 Å². The summed E-state index contributed by atoms with van der Waals surface area (Å²) >= 11 is 0. The van der Waals surface area contributed by atoms with E-state index in [-0.39, 0.29) is 18.8 Å². The normalized spacial score (nSPS) is 11.2. The molecule has 0 heterocycles. The minimum atomic E-state index is -4.93. The fourth-order valence-corrected chi connectivity index (χ4v) is 1.41. The second-order valence-corrected chi connectivity index (χ2v) is 3.44. The lowest BCUT2D eigenvalue weighted by molar-refractivity contribution is -0.170. The molecule has 1 amide bonds. The Kier molecular flexibility index (Phi) is 4.55. The van der Waals surface area contributed by atoms with Gasteiger partial charge in [0.05, 0.1) is 7.11 Å².